The molecule has 1 N–H and O–H groups in total. The zero-order chi connectivity index (χ0) is 13.9. The molecule has 0 spiro atoms. The Kier molecular flexibility index (Phi) is 3.62. The highest BCUT2D eigenvalue weighted by atomic mass is 35.5. The van der Waals surface area contributed by atoms with Crippen LogP contribution in [0.3, 0.4) is 0 Å². The average Bonchev–Trinajstić information content (AvgIpc) is 2.93. The Labute approximate surface area is 124 Å². The molecular formula is C14H10ClN3OS. The summed E-state index contributed by atoms with van der Waals surface area (Å²) in [6.07, 6.45) is 0. The minimum Gasteiger partial charge on any atom is -0.348 e. The van der Waals surface area contributed by atoms with Crippen LogP contribution in [0.4, 0.5) is 0 Å². The van der Waals surface area contributed by atoms with Crippen molar-refractivity contribution in [3.05, 3.63) is 58.6 Å². The number of carbonyl (C=O) groups excluding carboxylic acids is 1. The van der Waals surface area contributed by atoms with Crippen molar-refractivity contribution in [3.63, 3.8) is 0 Å². The van der Waals surface area contributed by atoms with E-state index in [0.29, 0.717) is 17.1 Å². The third-order valence-electron chi connectivity index (χ3n) is 2.88. The van der Waals surface area contributed by atoms with Crippen LogP contribution in [-0.4, -0.2) is 15.5 Å². The van der Waals surface area contributed by atoms with E-state index in [-0.39, 0.29) is 5.91 Å². The van der Waals surface area contributed by atoms with E-state index >= 15 is 0 Å². The number of halogens is 1. The zero-order valence-corrected chi connectivity index (χ0v) is 11.9. The maximum atomic E-state index is 12.1. The van der Waals surface area contributed by atoms with E-state index in [1.54, 1.807) is 30.3 Å². The minimum absolute atomic E-state index is 0.116. The smallest absolute Gasteiger partial charge is 0.251 e. The van der Waals surface area contributed by atoms with Crippen molar-refractivity contribution in [1.82, 2.24) is 14.9 Å². The Hall–Kier alpha value is -1.98. The fraction of sp³-hybridized carbons (Fsp3) is 0.0714. The molecule has 0 fully saturated rings. The second kappa shape index (κ2) is 5.56. The molecule has 2 aromatic carbocycles. The summed E-state index contributed by atoms with van der Waals surface area (Å²) in [4.78, 5) is 12.1. The highest BCUT2D eigenvalue weighted by molar-refractivity contribution is 7.12. The quantitative estimate of drug-likeness (QED) is 0.808. The van der Waals surface area contributed by atoms with Gasteiger partial charge in [0.1, 0.15) is 5.52 Å². The molecule has 0 aliphatic rings. The molecule has 6 heteroatoms. The van der Waals surface area contributed by atoms with Gasteiger partial charge in [0.05, 0.1) is 4.70 Å². The number of benzene rings is 2. The maximum absolute atomic E-state index is 12.1. The summed E-state index contributed by atoms with van der Waals surface area (Å²) < 4.78 is 4.76. The lowest BCUT2D eigenvalue weighted by Crippen LogP contribution is -2.22. The molecule has 0 aliphatic carbocycles. The number of fused-ring (bicyclic) bond motifs is 1. The van der Waals surface area contributed by atoms with Crippen molar-refractivity contribution in [3.8, 4) is 0 Å². The Bertz CT molecular complexity index is 754. The largest absolute Gasteiger partial charge is 0.348 e. The predicted molar refractivity (Wildman–Crippen MR) is 80.0 cm³/mol. The molecule has 0 bridgehead atoms. The van der Waals surface area contributed by atoms with Crippen LogP contribution in [-0.2, 0) is 6.54 Å². The molecule has 100 valence electrons. The van der Waals surface area contributed by atoms with E-state index in [9.17, 15) is 4.79 Å². The number of hydrogen-bond donors (Lipinski definition) is 1. The van der Waals surface area contributed by atoms with Crippen LogP contribution in [0.15, 0.2) is 42.5 Å². The Morgan fingerprint density at radius 1 is 1.20 bits per heavy atom. The first-order chi connectivity index (χ1) is 9.72. The van der Waals surface area contributed by atoms with Crippen molar-refractivity contribution in [2.24, 2.45) is 0 Å². The molecule has 0 saturated carbocycles. The maximum Gasteiger partial charge on any atom is 0.251 e. The molecule has 0 aliphatic heterocycles. The lowest BCUT2D eigenvalue weighted by atomic mass is 10.2. The second-order valence-corrected chi connectivity index (χ2v) is 5.49. The second-order valence-electron chi connectivity index (χ2n) is 4.26. The fourth-order valence-electron chi connectivity index (χ4n) is 1.81. The topological polar surface area (TPSA) is 54.9 Å². The van der Waals surface area contributed by atoms with Crippen LogP contribution in [0.2, 0.25) is 5.02 Å². The molecule has 0 unspecified atom stereocenters. The number of hydrogen-bond acceptors (Lipinski definition) is 4. The summed E-state index contributed by atoms with van der Waals surface area (Å²) >= 11 is 7.10. The van der Waals surface area contributed by atoms with Crippen LogP contribution in [0.1, 0.15) is 15.9 Å². The average molecular weight is 304 g/mol. The van der Waals surface area contributed by atoms with Crippen LogP contribution in [0, 0.1) is 0 Å². The first-order valence-corrected chi connectivity index (χ1v) is 7.12. The van der Waals surface area contributed by atoms with E-state index in [1.807, 2.05) is 12.1 Å². The number of rotatable bonds is 3. The highest BCUT2D eigenvalue weighted by Gasteiger charge is 2.07. The number of amides is 1. The summed E-state index contributed by atoms with van der Waals surface area (Å²) in [6, 6.07) is 12.7. The van der Waals surface area contributed by atoms with Crippen molar-refractivity contribution < 1.29 is 4.79 Å². The predicted octanol–water partition coefficient (Wildman–Crippen LogP) is 3.27. The zero-order valence-electron chi connectivity index (χ0n) is 10.3. The standard InChI is InChI=1S/C14H10ClN3OS/c15-11-4-1-9(2-5-11)8-16-14(19)10-3-6-12-13(7-10)20-18-17-12/h1-7H,8H2,(H,16,19). The van der Waals surface area contributed by atoms with Gasteiger partial charge in [0.15, 0.2) is 0 Å². The number of carbonyl (C=O) groups is 1. The summed E-state index contributed by atoms with van der Waals surface area (Å²) in [5.41, 5.74) is 2.42. The minimum atomic E-state index is -0.116. The van der Waals surface area contributed by atoms with E-state index in [1.165, 1.54) is 11.5 Å². The van der Waals surface area contributed by atoms with Gasteiger partial charge in [0, 0.05) is 17.1 Å². The summed E-state index contributed by atoms with van der Waals surface area (Å²) in [5, 5.41) is 7.50. The van der Waals surface area contributed by atoms with E-state index < -0.39 is 0 Å². The summed E-state index contributed by atoms with van der Waals surface area (Å²) in [6.45, 7) is 0.467. The van der Waals surface area contributed by atoms with Crippen molar-refractivity contribution in [2.75, 3.05) is 0 Å². The summed E-state index contributed by atoms with van der Waals surface area (Å²) in [5.74, 6) is -0.116. The molecule has 20 heavy (non-hydrogen) atoms. The first-order valence-electron chi connectivity index (χ1n) is 5.97. The monoisotopic (exact) mass is 303 g/mol. The fourth-order valence-corrected chi connectivity index (χ4v) is 2.53. The lowest BCUT2D eigenvalue weighted by molar-refractivity contribution is 0.0951. The van der Waals surface area contributed by atoms with E-state index in [4.69, 9.17) is 11.6 Å². The van der Waals surface area contributed by atoms with E-state index in [0.717, 1.165) is 15.8 Å². The number of nitrogens with zero attached hydrogens (tertiary/aromatic N) is 2. The number of nitrogens with one attached hydrogen (secondary N) is 1. The molecule has 1 heterocycles. The van der Waals surface area contributed by atoms with Crippen LogP contribution in [0.5, 0.6) is 0 Å². The molecule has 0 saturated heterocycles. The van der Waals surface area contributed by atoms with E-state index in [2.05, 4.69) is 14.9 Å². The Morgan fingerprint density at radius 3 is 2.80 bits per heavy atom. The van der Waals surface area contributed by atoms with Gasteiger partial charge in [-0.1, -0.05) is 28.2 Å². The van der Waals surface area contributed by atoms with Gasteiger partial charge in [-0.15, -0.1) is 5.10 Å². The van der Waals surface area contributed by atoms with Crippen molar-refractivity contribution in [2.45, 2.75) is 6.54 Å². The SMILES string of the molecule is O=C(NCc1ccc(Cl)cc1)c1ccc2nnsc2c1. The Balaban J connectivity index is 1.70. The molecule has 3 rings (SSSR count). The number of aromatic nitrogens is 2. The van der Waals surface area contributed by atoms with Gasteiger partial charge in [-0.25, -0.2) is 0 Å². The molecule has 1 amide bonds. The van der Waals surface area contributed by atoms with Gasteiger partial charge in [0.25, 0.3) is 5.91 Å². The molecule has 4 nitrogen and oxygen atoms in total. The highest BCUT2D eigenvalue weighted by Crippen LogP contribution is 2.17. The van der Waals surface area contributed by atoms with Crippen LogP contribution >= 0.6 is 23.1 Å². The van der Waals surface area contributed by atoms with Gasteiger partial charge in [-0.05, 0) is 47.4 Å². The molecular weight excluding hydrogens is 294 g/mol. The van der Waals surface area contributed by atoms with Crippen molar-refractivity contribution >= 4 is 39.3 Å². The molecule has 3 aromatic rings. The van der Waals surface area contributed by atoms with Gasteiger partial charge in [0.2, 0.25) is 0 Å². The Morgan fingerprint density at radius 2 is 2.00 bits per heavy atom. The third kappa shape index (κ3) is 2.79. The van der Waals surface area contributed by atoms with Gasteiger partial charge in [-0.2, -0.15) is 0 Å². The normalized spacial score (nSPS) is 10.7. The third-order valence-corrected chi connectivity index (χ3v) is 3.82. The molecule has 0 radical (unpaired) electrons. The van der Waals surface area contributed by atoms with Crippen LogP contribution < -0.4 is 5.32 Å². The summed E-state index contributed by atoms with van der Waals surface area (Å²) in [7, 11) is 0. The first kappa shape index (κ1) is 13.0. The van der Waals surface area contributed by atoms with Crippen molar-refractivity contribution in [1.29, 1.82) is 0 Å². The lowest BCUT2D eigenvalue weighted by Gasteiger charge is -2.05. The van der Waals surface area contributed by atoms with Crippen LogP contribution in [0.25, 0.3) is 10.2 Å². The van der Waals surface area contributed by atoms with Gasteiger partial charge in [-0.3, -0.25) is 4.79 Å². The van der Waals surface area contributed by atoms with Gasteiger partial charge >= 0.3 is 0 Å². The van der Waals surface area contributed by atoms with Gasteiger partial charge < -0.3 is 5.32 Å². The molecule has 1 aromatic heterocycles. The molecule has 0 atom stereocenters.